The molecular formula is C32H43F3N4O6. The first kappa shape index (κ1) is 35.3. The minimum atomic E-state index is -4.51. The summed E-state index contributed by atoms with van der Waals surface area (Å²) in [4.78, 5) is 41.0. The van der Waals surface area contributed by atoms with Crippen molar-refractivity contribution in [2.24, 2.45) is 5.73 Å². The molecule has 3 amide bonds. The summed E-state index contributed by atoms with van der Waals surface area (Å²) in [7, 11) is 1.59. The van der Waals surface area contributed by atoms with Crippen LogP contribution in [0.3, 0.4) is 0 Å². The lowest BCUT2D eigenvalue weighted by Gasteiger charge is -2.32. The fourth-order valence-corrected chi connectivity index (χ4v) is 5.14. The van der Waals surface area contributed by atoms with Crippen molar-refractivity contribution in [3.05, 3.63) is 53.1 Å². The number of anilines is 1. The predicted octanol–water partition coefficient (Wildman–Crippen LogP) is 4.86. The second-order valence-corrected chi connectivity index (χ2v) is 12.0. The first-order valence-electron chi connectivity index (χ1n) is 14.9. The molecule has 10 nitrogen and oxygen atoms in total. The van der Waals surface area contributed by atoms with Crippen molar-refractivity contribution in [2.75, 3.05) is 44.8 Å². The number of hydrogen-bond acceptors (Lipinski definition) is 7. The molecule has 3 rings (SSSR count). The van der Waals surface area contributed by atoms with Crippen LogP contribution < -0.4 is 25.4 Å². The quantitative estimate of drug-likeness (QED) is 0.304. The fourth-order valence-electron chi connectivity index (χ4n) is 5.14. The highest BCUT2D eigenvalue weighted by molar-refractivity contribution is 6.00. The Morgan fingerprint density at radius 2 is 1.76 bits per heavy atom. The van der Waals surface area contributed by atoms with Crippen molar-refractivity contribution in [3.63, 3.8) is 0 Å². The second-order valence-electron chi connectivity index (χ2n) is 12.0. The molecule has 2 aromatic rings. The van der Waals surface area contributed by atoms with Crippen LogP contribution >= 0.6 is 0 Å². The van der Waals surface area contributed by atoms with E-state index in [4.69, 9.17) is 19.9 Å². The summed E-state index contributed by atoms with van der Waals surface area (Å²) in [5.74, 6) is -0.565. The van der Waals surface area contributed by atoms with Crippen molar-refractivity contribution in [1.82, 2.24) is 10.2 Å². The maximum atomic E-state index is 13.3. The smallest absolute Gasteiger partial charge is 0.422 e. The zero-order chi connectivity index (χ0) is 33.4. The summed E-state index contributed by atoms with van der Waals surface area (Å²) in [5, 5.41) is 2.61. The van der Waals surface area contributed by atoms with Crippen LogP contribution in [0.25, 0.3) is 0 Å². The van der Waals surface area contributed by atoms with Gasteiger partial charge in [0, 0.05) is 32.6 Å². The van der Waals surface area contributed by atoms with Crippen LogP contribution in [0.2, 0.25) is 0 Å². The lowest BCUT2D eigenvalue weighted by molar-refractivity contribution is -0.153. The molecule has 3 N–H and O–H groups in total. The third-order valence-electron chi connectivity index (χ3n) is 7.11. The van der Waals surface area contributed by atoms with Crippen molar-refractivity contribution in [2.45, 2.75) is 71.2 Å². The number of carbonyl (C=O) groups excluding carboxylic acids is 3. The second kappa shape index (κ2) is 15.2. The van der Waals surface area contributed by atoms with E-state index in [0.29, 0.717) is 44.3 Å². The lowest BCUT2D eigenvalue weighted by Crippen LogP contribution is -2.45. The number of benzene rings is 2. The van der Waals surface area contributed by atoms with Gasteiger partial charge in [0.15, 0.2) is 18.1 Å². The molecule has 0 spiro atoms. The Hall–Kier alpha value is -4.16. The average Bonchev–Trinajstić information content (AvgIpc) is 3.35. The third-order valence-corrected chi connectivity index (χ3v) is 7.11. The number of nitrogens with one attached hydrogen (secondary N) is 1. The first-order valence-corrected chi connectivity index (χ1v) is 14.9. The van der Waals surface area contributed by atoms with E-state index < -0.39 is 36.4 Å². The van der Waals surface area contributed by atoms with E-state index >= 15 is 0 Å². The molecular weight excluding hydrogens is 593 g/mol. The monoisotopic (exact) mass is 636 g/mol. The van der Waals surface area contributed by atoms with Crippen LogP contribution in [-0.4, -0.2) is 80.5 Å². The molecule has 0 radical (unpaired) electrons. The van der Waals surface area contributed by atoms with E-state index in [1.807, 2.05) is 13.0 Å². The Bertz CT molecular complexity index is 1350. The van der Waals surface area contributed by atoms with Crippen LogP contribution in [0.5, 0.6) is 11.5 Å². The summed E-state index contributed by atoms with van der Waals surface area (Å²) in [5.41, 5.74) is 7.96. The van der Waals surface area contributed by atoms with Gasteiger partial charge in [-0.05, 0) is 76.3 Å². The summed E-state index contributed by atoms with van der Waals surface area (Å²) in [6.45, 7) is 6.94. The fraction of sp³-hybridized carbons (Fsp3) is 0.531. The number of halogens is 3. The zero-order valence-corrected chi connectivity index (χ0v) is 26.5. The molecule has 0 saturated carbocycles. The number of nitrogens with zero attached hydrogens (tertiary/aromatic N) is 2. The van der Waals surface area contributed by atoms with Gasteiger partial charge in [-0.1, -0.05) is 18.2 Å². The topological polar surface area (TPSA) is 123 Å². The van der Waals surface area contributed by atoms with Gasteiger partial charge in [0.05, 0.1) is 17.8 Å². The summed E-state index contributed by atoms with van der Waals surface area (Å²) in [6, 6.07) is 9.35. The maximum Gasteiger partial charge on any atom is 0.422 e. The number of hydrogen-bond donors (Lipinski definition) is 2. The lowest BCUT2D eigenvalue weighted by atomic mass is 9.97. The minimum Gasteiger partial charge on any atom is -0.488 e. The molecule has 13 heteroatoms. The van der Waals surface area contributed by atoms with Crippen LogP contribution in [0.4, 0.5) is 23.7 Å². The molecule has 1 atom stereocenters. The number of amides is 3. The summed E-state index contributed by atoms with van der Waals surface area (Å²) in [6.07, 6.45) is -3.01. The van der Waals surface area contributed by atoms with Gasteiger partial charge in [-0.2, -0.15) is 13.2 Å². The Morgan fingerprint density at radius 1 is 1.09 bits per heavy atom. The summed E-state index contributed by atoms with van der Waals surface area (Å²) < 4.78 is 54.4. The molecule has 1 aliphatic rings. The number of rotatable bonds is 14. The van der Waals surface area contributed by atoms with Crippen LogP contribution in [0.15, 0.2) is 36.4 Å². The Kier molecular flexibility index (Phi) is 11.9. The molecule has 1 aliphatic heterocycles. The number of primary amides is 1. The van der Waals surface area contributed by atoms with E-state index in [1.54, 1.807) is 40.0 Å². The Balaban J connectivity index is 1.76. The van der Waals surface area contributed by atoms with Crippen LogP contribution in [0.1, 0.15) is 62.0 Å². The maximum absolute atomic E-state index is 13.3. The zero-order valence-electron chi connectivity index (χ0n) is 26.5. The van der Waals surface area contributed by atoms with E-state index in [1.165, 1.54) is 23.1 Å². The average molecular weight is 637 g/mol. The number of alkyl halides is 3. The molecule has 0 bridgehead atoms. The van der Waals surface area contributed by atoms with Gasteiger partial charge in [0.25, 0.3) is 5.91 Å². The molecule has 0 aliphatic carbocycles. The number of nitrogens with two attached hydrogens (primary N) is 1. The number of para-hydroxylation sites is 2. The Morgan fingerprint density at radius 3 is 2.36 bits per heavy atom. The van der Waals surface area contributed by atoms with Crippen molar-refractivity contribution in [1.29, 1.82) is 0 Å². The van der Waals surface area contributed by atoms with Gasteiger partial charge < -0.3 is 35.1 Å². The molecule has 0 fully saturated rings. The highest BCUT2D eigenvalue weighted by atomic mass is 19.4. The molecule has 45 heavy (non-hydrogen) atoms. The van der Waals surface area contributed by atoms with Gasteiger partial charge >= 0.3 is 12.3 Å². The highest BCUT2D eigenvalue weighted by Gasteiger charge is 2.30. The SMILES string of the molecule is CNC(=O)CCCN1CCc2cc(C[C@@H](C)N(CCOc3ccccc3OCC(F)(F)F)C(=O)OC(C)(C)C)cc(C(N)=O)c21. The van der Waals surface area contributed by atoms with Crippen molar-refractivity contribution >= 4 is 23.6 Å². The number of carbonyl (C=O) groups is 3. The third kappa shape index (κ3) is 10.8. The molecule has 0 aromatic heterocycles. The number of fused-ring (bicyclic) bond motifs is 1. The van der Waals surface area contributed by atoms with E-state index in [9.17, 15) is 27.6 Å². The first-order chi connectivity index (χ1) is 21.1. The largest absolute Gasteiger partial charge is 0.488 e. The predicted molar refractivity (Wildman–Crippen MR) is 164 cm³/mol. The normalized spacial score (nSPS) is 13.6. The van der Waals surface area contributed by atoms with Crippen molar-refractivity contribution in [3.8, 4) is 11.5 Å². The van der Waals surface area contributed by atoms with Gasteiger partial charge in [0.1, 0.15) is 12.2 Å². The Labute approximate surface area is 262 Å². The van der Waals surface area contributed by atoms with Gasteiger partial charge in [-0.15, -0.1) is 0 Å². The molecule has 1 heterocycles. The molecule has 2 aromatic carbocycles. The molecule has 0 saturated heterocycles. The van der Waals surface area contributed by atoms with Crippen molar-refractivity contribution < 1.29 is 41.8 Å². The van der Waals surface area contributed by atoms with E-state index in [0.717, 1.165) is 16.8 Å². The number of ether oxygens (including phenoxy) is 3. The standard InChI is InChI=1S/C32H43F3N4O6/c1-21(17-22-18-23-12-14-38(13-8-11-27(40)37-5)28(23)24(19-22)29(36)41)39(30(42)45-31(2,3)4)15-16-43-25-9-6-7-10-26(25)44-20-32(33,34)35/h6-7,9-10,18-19,21H,8,11-17,20H2,1-5H3,(H2,36,41)(H,37,40)/t21-/m1/s1. The van der Waals surface area contributed by atoms with Crippen LogP contribution in [-0.2, 0) is 22.4 Å². The van der Waals surface area contributed by atoms with Gasteiger partial charge in [-0.3, -0.25) is 9.59 Å². The van der Waals surface area contributed by atoms with Gasteiger partial charge in [-0.25, -0.2) is 4.79 Å². The summed E-state index contributed by atoms with van der Waals surface area (Å²) >= 11 is 0. The molecule has 248 valence electrons. The van der Waals surface area contributed by atoms with E-state index in [-0.39, 0.29) is 30.6 Å². The van der Waals surface area contributed by atoms with Crippen LogP contribution in [0, 0.1) is 0 Å². The van der Waals surface area contributed by atoms with E-state index in [2.05, 4.69) is 10.2 Å². The highest BCUT2D eigenvalue weighted by Crippen LogP contribution is 2.34. The van der Waals surface area contributed by atoms with Gasteiger partial charge in [0.2, 0.25) is 5.91 Å². The minimum absolute atomic E-state index is 0.0439. The molecule has 0 unspecified atom stereocenters.